The lowest BCUT2D eigenvalue weighted by molar-refractivity contribution is -0.634. The van der Waals surface area contributed by atoms with E-state index in [2.05, 4.69) is 63.5 Å². The maximum atomic E-state index is 8.13. The van der Waals surface area contributed by atoms with Crippen LogP contribution in [-0.2, 0) is 35.2 Å². The Labute approximate surface area is 753 Å². The number of nitrogens with zero attached hydrogens (tertiary/aromatic N) is 20. The number of imidazole rings is 5. The molecule has 0 spiro atoms. The van der Waals surface area contributed by atoms with Gasteiger partial charge < -0.3 is 0 Å². The van der Waals surface area contributed by atoms with E-state index < -0.39 is 48.0 Å². The number of aryl methyl sites for hydroxylation is 19. The summed E-state index contributed by atoms with van der Waals surface area (Å²) in [5, 5.41) is 0. The van der Waals surface area contributed by atoms with Crippen LogP contribution in [0.4, 0.5) is 0 Å². The molecule has 0 aliphatic rings. The van der Waals surface area contributed by atoms with Crippen molar-refractivity contribution in [3.05, 3.63) is 359 Å². The number of para-hydroxylation sites is 10. The van der Waals surface area contributed by atoms with E-state index in [9.17, 15) is 0 Å². The third-order valence-corrected chi connectivity index (χ3v) is 22.2. The summed E-state index contributed by atoms with van der Waals surface area (Å²) in [6, 6.07) is 78.1. The molecule has 10 aromatic carbocycles. The summed E-state index contributed by atoms with van der Waals surface area (Å²) in [4.78, 5) is 42.1. The third-order valence-electron chi connectivity index (χ3n) is 22.2. The monoisotopic (exact) mass is 1650 g/mol. The van der Waals surface area contributed by atoms with Gasteiger partial charge in [-0.1, -0.05) is 152 Å². The van der Waals surface area contributed by atoms with E-state index in [1.165, 1.54) is 25.6 Å². The first-order valence-corrected chi connectivity index (χ1v) is 40.0. The molecule has 10 heterocycles. The van der Waals surface area contributed by atoms with E-state index in [1.54, 1.807) is 28.5 Å². The molecular weight excluding hydrogens is 1530 g/mol. The lowest BCUT2D eigenvalue weighted by Gasteiger charge is -2.10. The zero-order valence-corrected chi connectivity index (χ0v) is 70.5. The second-order valence-electron chi connectivity index (χ2n) is 30.0. The fraction of sp³-hybridized carbons (Fsp3) is 0.183. The molecular formula is C104H103N20+5. The van der Waals surface area contributed by atoms with Gasteiger partial charge in [-0.15, -0.1) is 0 Å². The van der Waals surface area contributed by atoms with Gasteiger partial charge in [-0.05, 0) is 215 Å². The van der Waals surface area contributed by atoms with Crippen molar-refractivity contribution in [2.45, 2.75) is 96.4 Å². The summed E-state index contributed by atoms with van der Waals surface area (Å²) in [6.45, 7) is -4.34. The van der Waals surface area contributed by atoms with Gasteiger partial charge in [-0.3, -0.25) is 9.97 Å². The van der Waals surface area contributed by atoms with Gasteiger partial charge in [-0.25, -0.2) is 62.7 Å². The Morgan fingerprint density at radius 3 is 0.927 bits per heavy atom. The minimum atomic E-state index is -2.64. The minimum absolute atomic E-state index is 0.00341. The lowest BCUT2D eigenvalue weighted by atomic mass is 10.1. The molecule has 20 aromatic rings. The second-order valence-corrected chi connectivity index (χ2v) is 30.0. The molecule has 20 nitrogen and oxygen atoms in total. The largest absolute Gasteiger partial charge is 0.296 e. The molecule has 0 radical (unpaired) electrons. The van der Waals surface area contributed by atoms with Gasteiger partial charge >= 0.3 is 0 Å². The molecule has 0 unspecified atom stereocenters. The number of aromatic nitrogens is 20. The maximum Gasteiger partial charge on any atom is 0.296 e. The first kappa shape index (κ1) is 60.4. The zero-order valence-electron chi connectivity index (χ0n) is 91.5. The first-order chi connectivity index (χ1) is 68.5. The summed E-state index contributed by atoms with van der Waals surface area (Å²) >= 11 is 0. The number of hydrogen-bond acceptors (Lipinski definition) is 10. The van der Waals surface area contributed by atoms with Gasteiger partial charge in [0.2, 0.25) is 11.6 Å². The van der Waals surface area contributed by atoms with E-state index in [0.717, 1.165) is 124 Å². The highest BCUT2D eigenvalue weighted by atomic mass is 15.2. The number of hydrogen-bond donors (Lipinski definition) is 0. The molecule has 0 N–H and O–H groups in total. The fourth-order valence-corrected chi connectivity index (χ4v) is 16.3. The predicted octanol–water partition coefficient (Wildman–Crippen LogP) is 18.9. The molecule has 124 heavy (non-hydrogen) atoms. The van der Waals surface area contributed by atoms with Crippen LogP contribution in [0.5, 0.6) is 0 Å². The molecule has 0 bridgehead atoms. The van der Waals surface area contributed by atoms with Crippen molar-refractivity contribution in [2.24, 2.45) is 35.2 Å². The van der Waals surface area contributed by atoms with Gasteiger partial charge in [0, 0.05) is 41.2 Å². The van der Waals surface area contributed by atoms with Crippen LogP contribution in [0.3, 0.4) is 0 Å². The Hall–Kier alpha value is -15.1. The van der Waals surface area contributed by atoms with Crippen LogP contribution in [0.1, 0.15) is 108 Å². The van der Waals surface area contributed by atoms with Crippen LogP contribution in [0, 0.1) is 96.4 Å². The van der Waals surface area contributed by atoms with Gasteiger partial charge in [-0.2, -0.15) is 22.8 Å². The average molecular weight is 1650 g/mol. The maximum absolute atomic E-state index is 8.13. The number of rotatable bonds is 10. The molecule has 20 rings (SSSR count). The minimum Gasteiger partial charge on any atom is -0.254 e. The quantitative estimate of drug-likeness (QED) is 0.120. The molecule has 0 aliphatic carbocycles. The van der Waals surface area contributed by atoms with Crippen molar-refractivity contribution in [1.29, 1.82) is 0 Å². The predicted molar refractivity (Wildman–Crippen MR) is 494 cm³/mol. The van der Waals surface area contributed by atoms with Crippen molar-refractivity contribution >= 4 is 55.2 Å². The van der Waals surface area contributed by atoms with E-state index in [1.807, 2.05) is 335 Å². The highest BCUT2D eigenvalue weighted by molar-refractivity contribution is 5.85. The Bertz CT molecular complexity index is 8090. The van der Waals surface area contributed by atoms with Crippen LogP contribution < -0.4 is 22.8 Å². The van der Waals surface area contributed by atoms with Crippen LogP contribution >= 0.6 is 0 Å². The molecule has 0 saturated carbocycles. The van der Waals surface area contributed by atoms with Crippen LogP contribution in [-0.4, -0.2) is 72.7 Å². The molecule has 20 heteroatoms. The summed E-state index contributed by atoms with van der Waals surface area (Å²) in [7, 11) is 9.69. The van der Waals surface area contributed by atoms with Crippen LogP contribution in [0.15, 0.2) is 280 Å². The van der Waals surface area contributed by atoms with E-state index >= 15 is 0 Å². The second kappa shape index (κ2) is 35.0. The normalized spacial score (nSPS) is 14.4. The van der Waals surface area contributed by atoms with E-state index in [4.69, 9.17) is 28.8 Å². The lowest BCUT2D eigenvalue weighted by Crippen LogP contribution is -2.30. The molecule has 10 aromatic heterocycles. The molecule has 0 saturated heterocycles. The molecule has 0 atom stereocenters. The van der Waals surface area contributed by atoms with Crippen molar-refractivity contribution in [3.63, 3.8) is 0 Å². The van der Waals surface area contributed by atoms with E-state index in [0.29, 0.717) is 45.7 Å². The fourth-order valence-electron chi connectivity index (χ4n) is 16.3. The van der Waals surface area contributed by atoms with Gasteiger partial charge in [0.25, 0.3) is 29.1 Å². The Morgan fingerprint density at radius 1 is 0.258 bits per heavy atom. The van der Waals surface area contributed by atoms with Gasteiger partial charge in [0.15, 0.2) is 72.2 Å². The topological polar surface area (TPSA) is 173 Å². The number of benzene rings is 10. The standard InChI is InChI=1S/C22H23N4.2C21H21N4.2C20H19N4/c1-14-10-6-7-11-18(14)22-25(5)19-12-8-9-13-20(19)26(22)21-15(2)23-17(4)24-16(21)3;1-14-9-5-6-10-17(14)21-24(4)18-11-7-8-12-19(18)25(21)20-15(2)22-13-23-16(20)3;1-14-9-5-6-10-17(14)21-24(4)18-11-7-8-12-19(18)25(21)20-16(3)23-15(2)13-22-20;1-14-8-4-5-9-16(14)20-23(3)17-10-6-7-11-18(17)24(20)19-12-21-13-22-15(19)2;1-14-8-4-5-9-16(14)20-23(3)17-10-6-7-11-18(17)24(20)19-15(2)21-12-13-22-19/h6-13H,1-5H3;2*5-13H,1-4H3;2*4-13H,1-3H3/q5*+1/i2*2D3,3D3;3D3;2*2D3. The third kappa shape index (κ3) is 15.3. The first-order valence-electron chi connectivity index (χ1n) is 50.5. The van der Waals surface area contributed by atoms with Crippen LogP contribution in [0.25, 0.3) is 141 Å². The summed E-state index contributed by atoms with van der Waals surface area (Å²) in [5.41, 5.74) is 18.4. The summed E-state index contributed by atoms with van der Waals surface area (Å²) in [5.74, 6) is 4.66. The van der Waals surface area contributed by atoms with Crippen molar-refractivity contribution in [3.8, 4) is 85.6 Å². The molecule has 614 valence electrons. The highest BCUT2D eigenvalue weighted by Crippen LogP contribution is 2.37. The van der Waals surface area contributed by atoms with E-state index in [-0.39, 0.29) is 57.1 Å². The smallest absolute Gasteiger partial charge is 0.254 e. The zero-order chi connectivity index (χ0) is 104. The van der Waals surface area contributed by atoms with Crippen molar-refractivity contribution < 1.29 is 51.6 Å². The Kier molecular flexibility index (Phi) is 17.0. The Morgan fingerprint density at radius 2 is 0.556 bits per heavy atom. The average Bonchev–Trinajstić information content (AvgIpc) is 1.59. The van der Waals surface area contributed by atoms with Gasteiger partial charge in [0.1, 0.15) is 29.9 Å². The van der Waals surface area contributed by atoms with Crippen molar-refractivity contribution in [2.75, 3.05) is 0 Å². The Balaban J connectivity index is 0.000000130. The summed E-state index contributed by atoms with van der Waals surface area (Å²) in [6.07, 6.45) is 8.42. The summed E-state index contributed by atoms with van der Waals surface area (Å²) < 4.78 is 188. The molecule has 0 fully saturated rings. The van der Waals surface area contributed by atoms with Gasteiger partial charge in [0.05, 0.1) is 110 Å². The molecule has 0 aliphatic heterocycles. The highest BCUT2D eigenvalue weighted by Gasteiger charge is 2.35. The van der Waals surface area contributed by atoms with Crippen molar-refractivity contribution in [1.82, 2.24) is 72.7 Å². The van der Waals surface area contributed by atoms with Crippen LogP contribution in [0.2, 0.25) is 0 Å². The SMILES string of the molecule is [2H]C([2H])([2H])c1nc(C)cnc1-n1c(-c2ccccc2C)[n+](C)c2ccccc21.[2H]C([2H])([2H])c1nc(C)nc(C([2H])([2H])[2H])c1-n1c(-c2ccccc2C)[n+](C)c2ccccc21.[2H]C([2H])([2H])c1nccnc1-n1c(-c2ccccc2C)[n+](C)c2ccccc21.[2H]C([2H])([2H])c1ncnc(C([2H])([2H])[2H])c1-n1c(-c2ccccc2C)[n+](C)c2ccccc21.[2H]C([2H])([2H])c1ncncc1-n1c(-c2ccccc2C)[n+](C)c2ccccc21. The molecule has 0 amide bonds. The number of fused-ring (bicyclic) bond motifs is 5.